The van der Waals surface area contributed by atoms with Crippen LogP contribution in [0.4, 0.5) is 11.4 Å². The van der Waals surface area contributed by atoms with Crippen LogP contribution < -0.4 is 20.4 Å². The summed E-state index contributed by atoms with van der Waals surface area (Å²) in [5.74, 6) is 0.726. The van der Waals surface area contributed by atoms with E-state index in [1.165, 1.54) is 5.69 Å². The van der Waals surface area contributed by atoms with Crippen LogP contribution in [-0.4, -0.2) is 31.5 Å². The smallest absolute Gasteiger partial charge is 0.191 e. The lowest BCUT2D eigenvalue weighted by molar-refractivity contribution is 0.417. The number of methoxy groups -OCH3 is 1. The first kappa shape index (κ1) is 19.7. The lowest BCUT2D eigenvalue weighted by Crippen LogP contribution is -2.24. The van der Waals surface area contributed by atoms with E-state index in [2.05, 4.69) is 58.9 Å². The fourth-order valence-corrected chi connectivity index (χ4v) is 2.74. The molecule has 0 aromatic heterocycles. The maximum absolute atomic E-state index is 5.28. The van der Waals surface area contributed by atoms with E-state index in [1.54, 1.807) is 13.3 Å². The Morgan fingerprint density at radius 3 is 2.54 bits per heavy atom. The molecule has 0 radical (unpaired) electrons. The molecule has 2 N–H and O–H groups in total. The minimum absolute atomic E-state index is 0.405. The van der Waals surface area contributed by atoms with E-state index in [4.69, 9.17) is 17.0 Å². The van der Waals surface area contributed by atoms with Crippen molar-refractivity contribution in [2.45, 2.75) is 20.3 Å². The number of anilines is 2. The van der Waals surface area contributed by atoms with Gasteiger partial charge in [0, 0.05) is 18.8 Å². The standard InChI is InChI=1S/C20H26N4OS/c1-4-14-24(5-2)17-12-10-16(11-13-17)15-21-23-20(26)22-18-8-6-7-9-19(18)25-3/h6-13,15H,4-5,14H2,1-3H3,(H2,22,23,26)/b21-15+. The Bertz CT molecular complexity index is 731. The zero-order chi connectivity index (χ0) is 18.8. The van der Waals surface area contributed by atoms with Crippen LogP contribution in [0.1, 0.15) is 25.8 Å². The van der Waals surface area contributed by atoms with Crippen molar-refractivity contribution in [2.24, 2.45) is 5.10 Å². The van der Waals surface area contributed by atoms with Gasteiger partial charge in [0.1, 0.15) is 5.75 Å². The molecule has 6 heteroatoms. The number of benzene rings is 2. The fourth-order valence-electron chi connectivity index (χ4n) is 2.57. The number of hydrazone groups is 1. The predicted molar refractivity (Wildman–Crippen MR) is 115 cm³/mol. The molecule has 26 heavy (non-hydrogen) atoms. The minimum Gasteiger partial charge on any atom is -0.495 e. The van der Waals surface area contributed by atoms with Crippen molar-refractivity contribution in [1.29, 1.82) is 0 Å². The number of thiocarbonyl (C=S) groups is 1. The van der Waals surface area contributed by atoms with Gasteiger partial charge in [0.2, 0.25) is 0 Å². The molecule has 0 bridgehead atoms. The molecule has 0 amide bonds. The highest BCUT2D eigenvalue weighted by Gasteiger charge is 2.03. The number of nitrogens with zero attached hydrogens (tertiary/aromatic N) is 2. The summed E-state index contributed by atoms with van der Waals surface area (Å²) in [7, 11) is 1.62. The highest BCUT2D eigenvalue weighted by molar-refractivity contribution is 7.80. The summed E-state index contributed by atoms with van der Waals surface area (Å²) in [6.45, 7) is 6.43. The second-order valence-electron chi connectivity index (χ2n) is 5.70. The Hall–Kier alpha value is -2.60. The van der Waals surface area contributed by atoms with Crippen LogP contribution in [0.25, 0.3) is 0 Å². The van der Waals surface area contributed by atoms with Crippen molar-refractivity contribution in [2.75, 3.05) is 30.4 Å². The van der Waals surface area contributed by atoms with Gasteiger partial charge in [-0.1, -0.05) is 31.2 Å². The summed E-state index contributed by atoms with van der Waals surface area (Å²) < 4.78 is 5.28. The zero-order valence-electron chi connectivity index (χ0n) is 15.5. The molecule has 5 nitrogen and oxygen atoms in total. The first-order valence-electron chi connectivity index (χ1n) is 8.76. The van der Waals surface area contributed by atoms with Gasteiger partial charge in [-0.15, -0.1) is 0 Å². The summed E-state index contributed by atoms with van der Waals surface area (Å²) in [5.41, 5.74) is 5.86. The number of para-hydroxylation sites is 2. The van der Waals surface area contributed by atoms with Gasteiger partial charge in [0.15, 0.2) is 5.11 Å². The van der Waals surface area contributed by atoms with Gasteiger partial charge in [-0.3, -0.25) is 5.43 Å². The SMILES string of the molecule is CCCN(CC)c1ccc(/C=N/NC(=S)Nc2ccccc2OC)cc1. The van der Waals surface area contributed by atoms with Gasteiger partial charge < -0.3 is 15.0 Å². The number of nitrogens with one attached hydrogen (secondary N) is 2. The van der Waals surface area contributed by atoms with E-state index in [0.29, 0.717) is 5.11 Å². The predicted octanol–water partition coefficient (Wildman–Crippen LogP) is 4.25. The van der Waals surface area contributed by atoms with Crippen molar-refractivity contribution < 1.29 is 4.74 Å². The lowest BCUT2D eigenvalue weighted by atomic mass is 10.2. The molecule has 2 aromatic carbocycles. The van der Waals surface area contributed by atoms with Crippen LogP contribution in [0.15, 0.2) is 53.6 Å². The van der Waals surface area contributed by atoms with Crippen LogP contribution in [0.3, 0.4) is 0 Å². The monoisotopic (exact) mass is 370 g/mol. The van der Waals surface area contributed by atoms with Gasteiger partial charge in [0.05, 0.1) is 19.0 Å². The first-order chi connectivity index (χ1) is 12.7. The van der Waals surface area contributed by atoms with E-state index in [-0.39, 0.29) is 0 Å². The van der Waals surface area contributed by atoms with Crippen LogP contribution in [0.5, 0.6) is 5.75 Å². The van der Waals surface area contributed by atoms with Crippen LogP contribution in [-0.2, 0) is 0 Å². The Kier molecular flexibility index (Phi) is 7.89. The Balaban J connectivity index is 1.90. The molecule has 0 heterocycles. The average Bonchev–Trinajstić information content (AvgIpc) is 2.67. The summed E-state index contributed by atoms with van der Waals surface area (Å²) in [5, 5.41) is 7.66. The molecule has 0 unspecified atom stereocenters. The van der Waals surface area contributed by atoms with Crippen molar-refractivity contribution in [3.8, 4) is 5.75 Å². The van der Waals surface area contributed by atoms with Crippen molar-refractivity contribution in [3.05, 3.63) is 54.1 Å². The molecule has 0 aliphatic heterocycles. The Labute approximate surface area is 161 Å². The van der Waals surface area contributed by atoms with Gasteiger partial charge >= 0.3 is 0 Å². The normalized spacial score (nSPS) is 10.6. The molecule has 0 saturated heterocycles. The molecule has 0 aliphatic carbocycles. The third-order valence-corrected chi connectivity index (χ3v) is 4.06. The highest BCUT2D eigenvalue weighted by atomic mass is 32.1. The van der Waals surface area contributed by atoms with E-state index in [0.717, 1.165) is 36.5 Å². The van der Waals surface area contributed by atoms with Gasteiger partial charge in [-0.2, -0.15) is 5.10 Å². The molecule has 0 fully saturated rings. The van der Waals surface area contributed by atoms with Crippen molar-refractivity contribution in [1.82, 2.24) is 5.43 Å². The lowest BCUT2D eigenvalue weighted by Gasteiger charge is -2.22. The third-order valence-electron chi connectivity index (χ3n) is 3.87. The van der Waals surface area contributed by atoms with Crippen LogP contribution >= 0.6 is 12.2 Å². The summed E-state index contributed by atoms with van der Waals surface area (Å²) in [6, 6.07) is 15.9. The van der Waals surface area contributed by atoms with Gasteiger partial charge in [-0.05, 0) is 55.4 Å². The molecule has 0 spiro atoms. The third kappa shape index (κ3) is 5.74. The van der Waals surface area contributed by atoms with Crippen LogP contribution in [0.2, 0.25) is 0 Å². The summed E-state index contributed by atoms with van der Waals surface area (Å²) in [6.07, 6.45) is 2.88. The molecular formula is C20H26N4OS. The second kappa shape index (κ2) is 10.4. The minimum atomic E-state index is 0.405. The van der Waals surface area contributed by atoms with E-state index in [9.17, 15) is 0 Å². The topological polar surface area (TPSA) is 48.9 Å². The first-order valence-corrected chi connectivity index (χ1v) is 9.16. The van der Waals surface area contributed by atoms with E-state index < -0.39 is 0 Å². The van der Waals surface area contributed by atoms with Gasteiger partial charge in [0.25, 0.3) is 0 Å². The quantitative estimate of drug-likeness (QED) is 0.413. The van der Waals surface area contributed by atoms with Crippen molar-refractivity contribution >= 4 is 34.9 Å². The van der Waals surface area contributed by atoms with E-state index >= 15 is 0 Å². The number of hydrogen-bond acceptors (Lipinski definition) is 4. The maximum Gasteiger partial charge on any atom is 0.191 e. The number of hydrogen-bond donors (Lipinski definition) is 2. The van der Waals surface area contributed by atoms with Crippen LogP contribution in [0, 0.1) is 0 Å². The number of rotatable bonds is 8. The molecule has 138 valence electrons. The molecule has 0 atom stereocenters. The summed E-state index contributed by atoms with van der Waals surface area (Å²) >= 11 is 5.26. The van der Waals surface area contributed by atoms with Gasteiger partial charge in [-0.25, -0.2) is 0 Å². The average molecular weight is 371 g/mol. The second-order valence-corrected chi connectivity index (χ2v) is 6.10. The highest BCUT2D eigenvalue weighted by Crippen LogP contribution is 2.22. The molecule has 2 aromatic rings. The molecular weight excluding hydrogens is 344 g/mol. The molecule has 0 saturated carbocycles. The maximum atomic E-state index is 5.28. The van der Waals surface area contributed by atoms with Crippen molar-refractivity contribution in [3.63, 3.8) is 0 Å². The molecule has 2 rings (SSSR count). The fraction of sp³-hybridized carbons (Fsp3) is 0.300. The largest absolute Gasteiger partial charge is 0.495 e. The number of ether oxygens (including phenoxy) is 1. The van der Waals surface area contributed by atoms with E-state index in [1.807, 2.05) is 24.3 Å². The zero-order valence-corrected chi connectivity index (χ0v) is 16.3. The Morgan fingerprint density at radius 1 is 1.15 bits per heavy atom. The Morgan fingerprint density at radius 2 is 1.88 bits per heavy atom. The molecule has 0 aliphatic rings. The summed E-state index contributed by atoms with van der Waals surface area (Å²) in [4.78, 5) is 2.35.